The molecule has 1 heterocycles. The van der Waals surface area contributed by atoms with Crippen molar-refractivity contribution in [1.29, 1.82) is 0 Å². The van der Waals surface area contributed by atoms with Crippen LogP contribution in [0, 0.1) is 6.92 Å². The highest BCUT2D eigenvalue weighted by Gasteiger charge is 2.23. The number of nitrogens with zero attached hydrogens (tertiary/aromatic N) is 2. The van der Waals surface area contributed by atoms with Crippen molar-refractivity contribution in [2.45, 2.75) is 26.3 Å². The molecule has 0 unspecified atom stereocenters. The topological polar surface area (TPSA) is 62.7 Å². The van der Waals surface area contributed by atoms with E-state index in [0.29, 0.717) is 12.2 Å². The number of aryl methyl sites for hydroxylation is 1. The van der Waals surface area contributed by atoms with Crippen LogP contribution in [0.15, 0.2) is 12.3 Å². The first kappa shape index (κ1) is 14.4. The maximum Gasteiger partial charge on any atom is 0.341 e. The van der Waals surface area contributed by atoms with Gasteiger partial charge in [-0.3, -0.25) is 0 Å². The van der Waals surface area contributed by atoms with Crippen LogP contribution in [-0.2, 0) is 0 Å². The quantitative estimate of drug-likeness (QED) is 0.866. The predicted octanol–water partition coefficient (Wildman–Crippen LogP) is 1.81. The summed E-state index contributed by atoms with van der Waals surface area (Å²) in [5.41, 5.74) is 0.587. The van der Waals surface area contributed by atoms with Crippen molar-refractivity contribution < 1.29 is 14.6 Å². The van der Waals surface area contributed by atoms with E-state index in [1.54, 1.807) is 19.2 Å². The summed E-state index contributed by atoms with van der Waals surface area (Å²) < 4.78 is 5.57. The molecular formula is C13H20N2O3. The fourth-order valence-electron chi connectivity index (χ4n) is 1.28. The Balaban J connectivity index is 2.92. The van der Waals surface area contributed by atoms with E-state index in [0.717, 1.165) is 0 Å². The van der Waals surface area contributed by atoms with Gasteiger partial charge < -0.3 is 14.7 Å². The minimum absolute atomic E-state index is 0.132. The highest BCUT2D eigenvalue weighted by atomic mass is 16.5. The molecule has 0 aliphatic heterocycles. The van der Waals surface area contributed by atoms with Crippen LogP contribution in [0.3, 0.4) is 0 Å². The van der Waals surface area contributed by atoms with Crippen molar-refractivity contribution in [1.82, 2.24) is 9.88 Å². The lowest BCUT2D eigenvalue weighted by Crippen LogP contribution is -2.43. The molecule has 0 bridgehead atoms. The van der Waals surface area contributed by atoms with E-state index in [1.165, 1.54) is 0 Å². The summed E-state index contributed by atoms with van der Waals surface area (Å²) in [5.74, 6) is -0.837. The highest BCUT2D eigenvalue weighted by molar-refractivity contribution is 5.91. The van der Waals surface area contributed by atoms with E-state index in [4.69, 9.17) is 9.84 Å². The zero-order valence-corrected chi connectivity index (χ0v) is 11.5. The zero-order chi connectivity index (χ0) is 13.9. The molecule has 0 aromatic carbocycles. The first-order chi connectivity index (χ1) is 8.25. The Labute approximate surface area is 107 Å². The van der Waals surface area contributed by atoms with Crippen molar-refractivity contribution in [3.8, 4) is 5.88 Å². The lowest BCUT2D eigenvalue weighted by atomic mass is 10.1. The smallest absolute Gasteiger partial charge is 0.341 e. The number of aromatic carboxylic acids is 1. The van der Waals surface area contributed by atoms with Gasteiger partial charge in [0, 0.05) is 11.7 Å². The summed E-state index contributed by atoms with van der Waals surface area (Å²) in [6, 6.07) is 1.66. The van der Waals surface area contributed by atoms with E-state index < -0.39 is 5.97 Å². The second-order valence-electron chi connectivity index (χ2n) is 5.11. The molecule has 0 radical (unpaired) electrons. The molecule has 1 rings (SSSR count). The van der Waals surface area contributed by atoms with Crippen LogP contribution >= 0.6 is 0 Å². The molecule has 18 heavy (non-hydrogen) atoms. The molecule has 0 saturated heterocycles. The molecule has 0 amide bonds. The van der Waals surface area contributed by atoms with Crippen LogP contribution in [0.25, 0.3) is 0 Å². The van der Waals surface area contributed by atoms with Crippen molar-refractivity contribution in [3.05, 3.63) is 23.4 Å². The Morgan fingerprint density at radius 3 is 2.61 bits per heavy atom. The fraction of sp³-hybridized carbons (Fsp3) is 0.538. The summed E-state index contributed by atoms with van der Waals surface area (Å²) in [6.45, 7) is 6.14. The number of rotatable bonds is 5. The maximum absolute atomic E-state index is 11.2. The summed E-state index contributed by atoms with van der Waals surface area (Å²) in [5, 5.41) is 9.15. The van der Waals surface area contributed by atoms with Crippen LogP contribution in [0.5, 0.6) is 5.88 Å². The van der Waals surface area contributed by atoms with Gasteiger partial charge in [-0.1, -0.05) is 0 Å². The summed E-state index contributed by atoms with van der Waals surface area (Å²) in [6.07, 6.45) is 1.56. The van der Waals surface area contributed by atoms with Gasteiger partial charge in [0.05, 0.1) is 0 Å². The average molecular weight is 252 g/mol. The Hall–Kier alpha value is -1.62. The standard InChI is InChI=1S/C13H20N2O3/c1-9-6-7-14-11(10(9)12(16)17)18-8-13(2,3)15(4)5/h6-7H,8H2,1-5H3,(H,16,17). The van der Waals surface area contributed by atoms with Gasteiger partial charge in [-0.15, -0.1) is 0 Å². The first-order valence-corrected chi connectivity index (χ1v) is 5.75. The number of carboxylic acids is 1. The molecule has 5 nitrogen and oxygen atoms in total. The Morgan fingerprint density at radius 2 is 2.11 bits per heavy atom. The number of carboxylic acid groups (broad SMARTS) is 1. The second kappa shape index (κ2) is 5.35. The molecule has 100 valence electrons. The van der Waals surface area contributed by atoms with Gasteiger partial charge in [0.25, 0.3) is 0 Å². The third-order valence-corrected chi connectivity index (χ3v) is 3.11. The average Bonchev–Trinajstić information content (AvgIpc) is 2.25. The third-order valence-electron chi connectivity index (χ3n) is 3.11. The largest absolute Gasteiger partial charge is 0.477 e. The van der Waals surface area contributed by atoms with Gasteiger partial charge >= 0.3 is 5.97 Å². The minimum atomic E-state index is -1.02. The monoisotopic (exact) mass is 252 g/mol. The molecule has 0 spiro atoms. The molecule has 5 heteroatoms. The minimum Gasteiger partial charge on any atom is -0.477 e. The van der Waals surface area contributed by atoms with Crippen LogP contribution < -0.4 is 4.74 Å². The number of carbonyl (C=O) groups is 1. The Morgan fingerprint density at radius 1 is 1.50 bits per heavy atom. The van der Waals surface area contributed by atoms with Gasteiger partial charge in [-0.05, 0) is 46.5 Å². The van der Waals surface area contributed by atoms with Gasteiger partial charge in [-0.2, -0.15) is 0 Å². The Bertz CT molecular complexity index is 442. The van der Waals surface area contributed by atoms with E-state index in [1.807, 2.05) is 32.8 Å². The first-order valence-electron chi connectivity index (χ1n) is 5.75. The molecule has 0 aliphatic rings. The predicted molar refractivity (Wildman–Crippen MR) is 69.2 cm³/mol. The van der Waals surface area contributed by atoms with E-state index in [-0.39, 0.29) is 17.0 Å². The van der Waals surface area contributed by atoms with E-state index in [2.05, 4.69) is 4.98 Å². The van der Waals surface area contributed by atoms with Crippen LogP contribution in [0.4, 0.5) is 0 Å². The molecule has 1 N–H and O–H groups in total. The second-order valence-corrected chi connectivity index (χ2v) is 5.11. The number of likely N-dealkylation sites (N-methyl/N-ethyl adjacent to an activating group) is 1. The van der Waals surface area contributed by atoms with Crippen LogP contribution in [0.2, 0.25) is 0 Å². The van der Waals surface area contributed by atoms with E-state index in [9.17, 15) is 4.79 Å². The van der Waals surface area contributed by atoms with Crippen molar-refractivity contribution in [2.75, 3.05) is 20.7 Å². The summed E-state index contributed by atoms with van der Waals surface area (Å²) >= 11 is 0. The molecule has 0 aliphatic carbocycles. The molecule has 0 fully saturated rings. The Kier molecular flexibility index (Phi) is 4.29. The summed E-state index contributed by atoms with van der Waals surface area (Å²) in [7, 11) is 3.90. The van der Waals surface area contributed by atoms with Crippen molar-refractivity contribution in [3.63, 3.8) is 0 Å². The van der Waals surface area contributed by atoms with E-state index >= 15 is 0 Å². The van der Waals surface area contributed by atoms with Crippen molar-refractivity contribution >= 4 is 5.97 Å². The number of pyridine rings is 1. The molecule has 0 atom stereocenters. The summed E-state index contributed by atoms with van der Waals surface area (Å²) in [4.78, 5) is 17.2. The molecule has 1 aromatic heterocycles. The molecular weight excluding hydrogens is 232 g/mol. The van der Waals surface area contributed by atoms with Gasteiger partial charge in [0.15, 0.2) is 0 Å². The SMILES string of the molecule is Cc1ccnc(OCC(C)(C)N(C)C)c1C(=O)O. The lowest BCUT2D eigenvalue weighted by molar-refractivity contribution is 0.0680. The lowest BCUT2D eigenvalue weighted by Gasteiger charge is -2.32. The van der Waals surface area contributed by atoms with Crippen LogP contribution in [0.1, 0.15) is 29.8 Å². The highest BCUT2D eigenvalue weighted by Crippen LogP contribution is 2.21. The third kappa shape index (κ3) is 3.20. The maximum atomic E-state index is 11.2. The molecule has 1 aromatic rings. The fourth-order valence-corrected chi connectivity index (χ4v) is 1.28. The zero-order valence-electron chi connectivity index (χ0n) is 11.5. The van der Waals surface area contributed by atoms with Crippen molar-refractivity contribution in [2.24, 2.45) is 0 Å². The van der Waals surface area contributed by atoms with Crippen LogP contribution in [-0.4, -0.2) is 47.2 Å². The number of hydrogen-bond acceptors (Lipinski definition) is 4. The normalized spacial score (nSPS) is 11.7. The molecule has 0 saturated carbocycles. The van der Waals surface area contributed by atoms with Gasteiger partial charge in [0.1, 0.15) is 12.2 Å². The number of aromatic nitrogens is 1. The van der Waals surface area contributed by atoms with Gasteiger partial charge in [-0.25, -0.2) is 9.78 Å². The number of ether oxygens (including phenoxy) is 1. The number of hydrogen-bond donors (Lipinski definition) is 1. The van der Waals surface area contributed by atoms with Gasteiger partial charge in [0.2, 0.25) is 5.88 Å².